The second-order valence-electron chi connectivity index (χ2n) is 7.71. The maximum absolute atomic E-state index is 12.7. The van der Waals surface area contributed by atoms with E-state index in [0.717, 1.165) is 17.0 Å². The van der Waals surface area contributed by atoms with Crippen LogP contribution < -0.4 is 0 Å². The van der Waals surface area contributed by atoms with Crippen LogP contribution in [-0.4, -0.2) is 38.0 Å². The number of rotatable bonds is 9. The second kappa shape index (κ2) is 9.87. The van der Waals surface area contributed by atoms with Crippen LogP contribution in [0.4, 0.5) is 0 Å². The molecule has 8 heteroatoms. The van der Waals surface area contributed by atoms with Crippen LogP contribution in [0, 0.1) is 0 Å². The molecule has 0 fully saturated rings. The van der Waals surface area contributed by atoms with Crippen molar-refractivity contribution in [2.24, 2.45) is 0 Å². The van der Waals surface area contributed by atoms with Gasteiger partial charge in [-0.1, -0.05) is 53.7 Å². The minimum Gasteiger partial charge on any atom is -0.455 e. The van der Waals surface area contributed by atoms with Crippen LogP contribution in [0.15, 0.2) is 92.7 Å². The first-order chi connectivity index (χ1) is 15.9. The van der Waals surface area contributed by atoms with E-state index < -0.39 is 9.84 Å². The SMILES string of the molecule is CN(CCCc1cc(-c2ccccc2)no1)C(=O)c1ccc(CS(=O)(=O)c2ccccc2)o1. The Balaban J connectivity index is 1.30. The molecule has 0 aliphatic carbocycles. The van der Waals surface area contributed by atoms with Gasteiger partial charge in [-0.15, -0.1) is 0 Å². The number of carbonyl (C=O) groups is 1. The van der Waals surface area contributed by atoms with Gasteiger partial charge in [0.25, 0.3) is 5.91 Å². The Morgan fingerprint density at radius 2 is 1.64 bits per heavy atom. The lowest BCUT2D eigenvalue weighted by Gasteiger charge is -2.15. The van der Waals surface area contributed by atoms with Gasteiger partial charge in [-0.25, -0.2) is 8.42 Å². The molecule has 0 atom stereocenters. The van der Waals surface area contributed by atoms with E-state index in [1.807, 2.05) is 36.4 Å². The Kier molecular flexibility index (Phi) is 6.74. The zero-order chi connectivity index (χ0) is 23.3. The van der Waals surface area contributed by atoms with Gasteiger partial charge in [-0.3, -0.25) is 4.79 Å². The van der Waals surface area contributed by atoms with Crippen molar-refractivity contribution in [1.82, 2.24) is 10.1 Å². The Morgan fingerprint density at radius 1 is 0.939 bits per heavy atom. The Morgan fingerprint density at radius 3 is 2.36 bits per heavy atom. The minimum atomic E-state index is -3.54. The molecule has 2 heterocycles. The molecule has 0 saturated carbocycles. The number of aromatic nitrogens is 1. The molecule has 0 radical (unpaired) electrons. The van der Waals surface area contributed by atoms with E-state index in [0.29, 0.717) is 19.4 Å². The van der Waals surface area contributed by atoms with Crippen molar-refractivity contribution in [1.29, 1.82) is 0 Å². The van der Waals surface area contributed by atoms with Crippen molar-refractivity contribution in [3.63, 3.8) is 0 Å². The average Bonchev–Trinajstić information content (AvgIpc) is 3.49. The fraction of sp³-hybridized carbons (Fsp3) is 0.200. The van der Waals surface area contributed by atoms with Gasteiger partial charge in [0.1, 0.15) is 23.0 Å². The number of hydrogen-bond donors (Lipinski definition) is 0. The van der Waals surface area contributed by atoms with Gasteiger partial charge >= 0.3 is 0 Å². The highest BCUT2D eigenvalue weighted by Crippen LogP contribution is 2.20. The van der Waals surface area contributed by atoms with Gasteiger partial charge < -0.3 is 13.8 Å². The predicted molar refractivity (Wildman–Crippen MR) is 123 cm³/mol. The fourth-order valence-corrected chi connectivity index (χ4v) is 4.69. The van der Waals surface area contributed by atoms with Crippen LogP contribution in [0.3, 0.4) is 0 Å². The van der Waals surface area contributed by atoms with Gasteiger partial charge in [-0.05, 0) is 30.7 Å². The van der Waals surface area contributed by atoms with E-state index in [-0.39, 0.29) is 28.1 Å². The van der Waals surface area contributed by atoms with Crippen LogP contribution in [0.5, 0.6) is 0 Å². The first kappa shape index (κ1) is 22.5. The largest absolute Gasteiger partial charge is 0.455 e. The van der Waals surface area contributed by atoms with E-state index in [9.17, 15) is 13.2 Å². The number of benzene rings is 2. The van der Waals surface area contributed by atoms with E-state index in [1.165, 1.54) is 24.3 Å². The Bertz CT molecular complexity index is 1310. The highest BCUT2D eigenvalue weighted by Gasteiger charge is 2.21. The Hall–Kier alpha value is -3.65. The number of hydrogen-bond acceptors (Lipinski definition) is 6. The molecule has 33 heavy (non-hydrogen) atoms. The third kappa shape index (κ3) is 5.59. The molecule has 0 N–H and O–H groups in total. The van der Waals surface area contributed by atoms with Crippen LogP contribution in [0.25, 0.3) is 11.3 Å². The maximum atomic E-state index is 12.7. The van der Waals surface area contributed by atoms with Crippen molar-refractivity contribution >= 4 is 15.7 Å². The molecule has 2 aromatic heterocycles. The summed E-state index contributed by atoms with van der Waals surface area (Å²) in [7, 11) is -1.86. The molecular formula is C25H24N2O5S. The summed E-state index contributed by atoms with van der Waals surface area (Å²) >= 11 is 0. The van der Waals surface area contributed by atoms with E-state index in [2.05, 4.69) is 5.16 Å². The van der Waals surface area contributed by atoms with Crippen molar-refractivity contribution in [3.05, 3.63) is 96.1 Å². The lowest BCUT2D eigenvalue weighted by Crippen LogP contribution is -2.27. The number of amides is 1. The quantitative estimate of drug-likeness (QED) is 0.359. The van der Waals surface area contributed by atoms with Gasteiger partial charge in [0.2, 0.25) is 0 Å². The summed E-state index contributed by atoms with van der Waals surface area (Å²) in [6.45, 7) is 0.485. The summed E-state index contributed by atoms with van der Waals surface area (Å²) in [5, 5.41) is 4.10. The van der Waals surface area contributed by atoms with Crippen LogP contribution in [-0.2, 0) is 22.0 Å². The average molecular weight is 465 g/mol. The van der Waals surface area contributed by atoms with Crippen molar-refractivity contribution in [2.45, 2.75) is 23.5 Å². The topological polar surface area (TPSA) is 93.6 Å². The summed E-state index contributed by atoms with van der Waals surface area (Å²) in [6.07, 6.45) is 1.32. The molecule has 1 amide bonds. The molecule has 0 aliphatic rings. The summed E-state index contributed by atoms with van der Waals surface area (Å²) in [5.74, 6) is 0.484. The molecular weight excluding hydrogens is 440 g/mol. The van der Waals surface area contributed by atoms with E-state index in [4.69, 9.17) is 8.94 Å². The monoisotopic (exact) mass is 464 g/mol. The molecule has 0 unspecified atom stereocenters. The molecule has 0 bridgehead atoms. The third-order valence-corrected chi connectivity index (χ3v) is 6.85. The molecule has 0 spiro atoms. The molecule has 4 aromatic rings. The van der Waals surface area contributed by atoms with Gasteiger partial charge in [0.15, 0.2) is 15.6 Å². The standard InChI is InChI=1S/C25H24N2O5S/c1-27(16-8-11-20-17-23(26-32-20)19-9-4-2-5-10-19)25(28)24-15-14-21(31-24)18-33(29,30)22-12-6-3-7-13-22/h2-7,9-10,12-15,17H,8,11,16,18H2,1H3. The second-order valence-corrected chi connectivity index (χ2v) is 9.70. The molecule has 2 aromatic carbocycles. The predicted octanol–water partition coefficient (Wildman–Crippen LogP) is 4.61. The first-order valence-corrected chi connectivity index (χ1v) is 12.2. The van der Waals surface area contributed by atoms with Gasteiger partial charge in [0, 0.05) is 31.6 Å². The van der Waals surface area contributed by atoms with Gasteiger partial charge in [0.05, 0.1) is 4.90 Å². The van der Waals surface area contributed by atoms with Crippen LogP contribution >= 0.6 is 0 Å². The number of carbonyl (C=O) groups excluding carboxylic acids is 1. The van der Waals surface area contributed by atoms with Crippen molar-refractivity contribution < 1.29 is 22.2 Å². The third-order valence-electron chi connectivity index (χ3n) is 5.20. The summed E-state index contributed by atoms with van der Waals surface area (Å²) in [4.78, 5) is 14.4. The minimum absolute atomic E-state index is 0.113. The summed E-state index contributed by atoms with van der Waals surface area (Å²) < 4.78 is 36.0. The maximum Gasteiger partial charge on any atom is 0.289 e. The van der Waals surface area contributed by atoms with Crippen molar-refractivity contribution in [3.8, 4) is 11.3 Å². The number of furan rings is 1. The van der Waals surface area contributed by atoms with Crippen LogP contribution in [0.1, 0.15) is 28.5 Å². The molecule has 0 saturated heterocycles. The highest BCUT2D eigenvalue weighted by molar-refractivity contribution is 7.90. The highest BCUT2D eigenvalue weighted by atomic mass is 32.2. The number of sulfone groups is 1. The number of aryl methyl sites for hydroxylation is 1. The number of nitrogens with zero attached hydrogens (tertiary/aromatic N) is 2. The smallest absolute Gasteiger partial charge is 0.289 e. The molecule has 7 nitrogen and oxygen atoms in total. The van der Waals surface area contributed by atoms with Gasteiger partial charge in [-0.2, -0.15) is 0 Å². The van der Waals surface area contributed by atoms with Crippen molar-refractivity contribution in [2.75, 3.05) is 13.6 Å². The van der Waals surface area contributed by atoms with E-state index in [1.54, 1.807) is 30.1 Å². The van der Waals surface area contributed by atoms with Crippen LogP contribution in [0.2, 0.25) is 0 Å². The van der Waals surface area contributed by atoms with E-state index >= 15 is 0 Å². The zero-order valence-electron chi connectivity index (χ0n) is 18.2. The fourth-order valence-electron chi connectivity index (χ4n) is 3.42. The zero-order valence-corrected chi connectivity index (χ0v) is 19.0. The molecule has 0 aliphatic heterocycles. The summed E-state index contributed by atoms with van der Waals surface area (Å²) in [5.41, 5.74) is 1.77. The molecule has 170 valence electrons. The normalized spacial score (nSPS) is 11.4. The summed E-state index contributed by atoms with van der Waals surface area (Å²) in [6, 6.07) is 22.9. The Labute approximate surface area is 192 Å². The molecule has 4 rings (SSSR count). The lowest BCUT2D eigenvalue weighted by molar-refractivity contribution is 0.0759. The first-order valence-electron chi connectivity index (χ1n) is 10.6. The lowest BCUT2D eigenvalue weighted by atomic mass is 10.1.